The van der Waals surface area contributed by atoms with E-state index in [1.54, 1.807) is 10.9 Å². The van der Waals surface area contributed by atoms with Crippen molar-refractivity contribution in [3.63, 3.8) is 0 Å². The zero-order valence-corrected chi connectivity index (χ0v) is 11.1. The SMILES string of the molecule is CC.Cc1cccnc1-n1ncc2c(=O)[nH]cnc21. The van der Waals surface area contributed by atoms with Gasteiger partial charge < -0.3 is 4.98 Å². The van der Waals surface area contributed by atoms with Crippen LogP contribution in [-0.2, 0) is 0 Å². The molecule has 19 heavy (non-hydrogen) atoms. The molecule has 0 radical (unpaired) electrons. The van der Waals surface area contributed by atoms with Crippen LogP contribution in [0.4, 0.5) is 0 Å². The van der Waals surface area contributed by atoms with E-state index in [9.17, 15) is 4.79 Å². The van der Waals surface area contributed by atoms with Crippen LogP contribution in [0.1, 0.15) is 19.4 Å². The van der Waals surface area contributed by atoms with Gasteiger partial charge in [0.1, 0.15) is 5.39 Å². The van der Waals surface area contributed by atoms with Crippen LogP contribution in [0.3, 0.4) is 0 Å². The Hall–Kier alpha value is -2.50. The number of fused-ring (bicyclic) bond motifs is 1. The third kappa shape index (κ3) is 2.24. The fourth-order valence-electron chi connectivity index (χ4n) is 1.71. The van der Waals surface area contributed by atoms with Crippen molar-refractivity contribution in [1.82, 2.24) is 24.7 Å². The minimum absolute atomic E-state index is 0.199. The van der Waals surface area contributed by atoms with Crippen molar-refractivity contribution in [2.45, 2.75) is 20.8 Å². The third-order valence-electron chi connectivity index (χ3n) is 2.55. The van der Waals surface area contributed by atoms with E-state index in [0.717, 1.165) is 5.56 Å². The summed E-state index contributed by atoms with van der Waals surface area (Å²) in [5.41, 5.74) is 1.28. The quantitative estimate of drug-likeness (QED) is 0.721. The van der Waals surface area contributed by atoms with Crippen LogP contribution in [0.2, 0.25) is 0 Å². The van der Waals surface area contributed by atoms with E-state index in [-0.39, 0.29) is 5.56 Å². The van der Waals surface area contributed by atoms with Gasteiger partial charge in [-0.3, -0.25) is 4.79 Å². The molecule has 0 atom stereocenters. The molecule has 0 aliphatic heterocycles. The third-order valence-corrected chi connectivity index (χ3v) is 2.55. The first kappa shape index (κ1) is 12.9. The number of rotatable bonds is 1. The summed E-state index contributed by atoms with van der Waals surface area (Å²) >= 11 is 0. The zero-order valence-electron chi connectivity index (χ0n) is 11.1. The molecule has 0 amide bonds. The first-order valence-corrected chi connectivity index (χ1v) is 6.11. The highest BCUT2D eigenvalue weighted by Crippen LogP contribution is 2.13. The van der Waals surface area contributed by atoms with Crippen LogP contribution in [0, 0.1) is 6.92 Å². The molecule has 0 saturated carbocycles. The number of aromatic nitrogens is 5. The summed E-state index contributed by atoms with van der Waals surface area (Å²) in [5, 5.41) is 4.61. The van der Waals surface area contributed by atoms with E-state index in [2.05, 4.69) is 20.1 Å². The van der Waals surface area contributed by atoms with Crippen molar-refractivity contribution >= 4 is 11.0 Å². The maximum atomic E-state index is 11.5. The molecule has 0 spiro atoms. The number of nitrogens with zero attached hydrogens (tertiary/aromatic N) is 4. The molecule has 0 fully saturated rings. The molecule has 0 aliphatic rings. The lowest BCUT2D eigenvalue weighted by Gasteiger charge is -2.04. The van der Waals surface area contributed by atoms with Crippen molar-refractivity contribution in [3.05, 3.63) is 46.8 Å². The molecule has 3 rings (SSSR count). The van der Waals surface area contributed by atoms with Crippen LogP contribution >= 0.6 is 0 Å². The zero-order chi connectivity index (χ0) is 13.8. The van der Waals surface area contributed by atoms with E-state index in [4.69, 9.17) is 0 Å². The van der Waals surface area contributed by atoms with Gasteiger partial charge >= 0.3 is 0 Å². The highest BCUT2D eigenvalue weighted by atomic mass is 16.1. The van der Waals surface area contributed by atoms with Crippen molar-refractivity contribution in [2.24, 2.45) is 0 Å². The molecule has 1 N–H and O–H groups in total. The number of hydrogen-bond donors (Lipinski definition) is 1. The Labute approximate surface area is 110 Å². The normalized spacial score (nSPS) is 10.1. The molecular formula is C13H15N5O. The number of nitrogens with one attached hydrogen (secondary N) is 1. The molecule has 0 saturated heterocycles. The minimum Gasteiger partial charge on any atom is -0.312 e. The van der Waals surface area contributed by atoms with E-state index in [0.29, 0.717) is 16.9 Å². The number of H-pyrrole nitrogens is 1. The summed E-state index contributed by atoms with van der Waals surface area (Å²) in [6.07, 6.45) is 4.54. The van der Waals surface area contributed by atoms with Gasteiger partial charge in [0.2, 0.25) is 0 Å². The van der Waals surface area contributed by atoms with Crippen LogP contribution in [-0.4, -0.2) is 24.7 Å². The van der Waals surface area contributed by atoms with Gasteiger partial charge in [0.05, 0.1) is 12.5 Å². The van der Waals surface area contributed by atoms with Gasteiger partial charge in [-0.15, -0.1) is 0 Å². The van der Waals surface area contributed by atoms with Gasteiger partial charge in [-0.2, -0.15) is 9.78 Å². The Morgan fingerprint density at radius 1 is 1.26 bits per heavy atom. The fourth-order valence-corrected chi connectivity index (χ4v) is 1.71. The van der Waals surface area contributed by atoms with Crippen LogP contribution in [0.25, 0.3) is 16.9 Å². The predicted octanol–water partition coefficient (Wildman–Crippen LogP) is 1.84. The lowest BCUT2D eigenvalue weighted by atomic mass is 10.3. The van der Waals surface area contributed by atoms with Gasteiger partial charge in [-0.05, 0) is 18.6 Å². The van der Waals surface area contributed by atoms with E-state index < -0.39 is 0 Å². The molecule has 6 nitrogen and oxygen atoms in total. The average Bonchev–Trinajstić information content (AvgIpc) is 2.87. The Morgan fingerprint density at radius 2 is 2.05 bits per heavy atom. The van der Waals surface area contributed by atoms with Gasteiger partial charge in [0, 0.05) is 6.20 Å². The Balaban J connectivity index is 0.000000637. The molecular weight excluding hydrogens is 242 g/mol. The van der Waals surface area contributed by atoms with Crippen molar-refractivity contribution < 1.29 is 0 Å². The standard InChI is InChI=1S/C11H9N5O.C2H6/c1-7-3-2-4-12-9(7)16-10-8(5-15-16)11(17)14-6-13-10;1-2/h2-6H,1H3,(H,13,14,17);1-2H3. The van der Waals surface area contributed by atoms with E-state index in [1.807, 2.05) is 32.9 Å². The summed E-state index contributed by atoms with van der Waals surface area (Å²) in [6, 6.07) is 3.79. The van der Waals surface area contributed by atoms with Gasteiger partial charge in [-0.1, -0.05) is 19.9 Å². The van der Waals surface area contributed by atoms with E-state index in [1.165, 1.54) is 12.5 Å². The second-order valence-electron chi connectivity index (χ2n) is 3.67. The van der Waals surface area contributed by atoms with Crippen LogP contribution in [0.5, 0.6) is 0 Å². The summed E-state index contributed by atoms with van der Waals surface area (Å²) < 4.78 is 1.57. The van der Waals surface area contributed by atoms with Gasteiger partial charge in [-0.25, -0.2) is 9.97 Å². The van der Waals surface area contributed by atoms with Gasteiger partial charge in [0.15, 0.2) is 11.5 Å². The average molecular weight is 257 g/mol. The van der Waals surface area contributed by atoms with Crippen LogP contribution in [0.15, 0.2) is 35.6 Å². The molecule has 0 aromatic carbocycles. The Kier molecular flexibility index (Phi) is 3.70. The number of hydrogen-bond acceptors (Lipinski definition) is 4. The molecule has 3 aromatic rings. The highest BCUT2D eigenvalue weighted by molar-refractivity contribution is 5.74. The monoisotopic (exact) mass is 257 g/mol. The first-order chi connectivity index (χ1) is 9.27. The molecule has 0 aliphatic carbocycles. The highest BCUT2D eigenvalue weighted by Gasteiger charge is 2.10. The topological polar surface area (TPSA) is 76.5 Å². The van der Waals surface area contributed by atoms with Crippen molar-refractivity contribution in [2.75, 3.05) is 0 Å². The van der Waals surface area contributed by atoms with E-state index >= 15 is 0 Å². The van der Waals surface area contributed by atoms with Gasteiger partial charge in [0.25, 0.3) is 5.56 Å². The number of aryl methyl sites for hydroxylation is 1. The predicted molar refractivity (Wildman–Crippen MR) is 73.4 cm³/mol. The molecule has 6 heteroatoms. The fraction of sp³-hybridized carbons (Fsp3) is 0.231. The summed E-state index contributed by atoms with van der Waals surface area (Å²) in [5.74, 6) is 0.681. The largest absolute Gasteiger partial charge is 0.312 e. The lowest BCUT2D eigenvalue weighted by Crippen LogP contribution is -2.07. The second kappa shape index (κ2) is 5.43. The maximum Gasteiger partial charge on any atom is 0.261 e. The smallest absolute Gasteiger partial charge is 0.261 e. The molecule has 3 heterocycles. The summed E-state index contributed by atoms with van der Waals surface area (Å²) in [4.78, 5) is 22.4. The second-order valence-corrected chi connectivity index (χ2v) is 3.67. The Morgan fingerprint density at radius 3 is 2.79 bits per heavy atom. The Bertz CT molecular complexity index is 744. The van der Waals surface area contributed by atoms with Crippen molar-refractivity contribution in [1.29, 1.82) is 0 Å². The summed E-state index contributed by atoms with van der Waals surface area (Å²) in [7, 11) is 0. The number of aromatic amines is 1. The van der Waals surface area contributed by atoms with Crippen molar-refractivity contribution in [3.8, 4) is 5.82 Å². The summed E-state index contributed by atoms with van der Waals surface area (Å²) in [6.45, 7) is 5.93. The van der Waals surface area contributed by atoms with Crippen LogP contribution < -0.4 is 5.56 Å². The first-order valence-electron chi connectivity index (χ1n) is 6.11. The minimum atomic E-state index is -0.199. The maximum absolute atomic E-state index is 11.5. The number of pyridine rings is 1. The lowest BCUT2D eigenvalue weighted by molar-refractivity contribution is 0.852. The molecule has 0 bridgehead atoms. The molecule has 98 valence electrons. The molecule has 0 unspecified atom stereocenters. The molecule has 3 aromatic heterocycles.